The van der Waals surface area contributed by atoms with Gasteiger partial charge < -0.3 is 45.7 Å². The zero-order valence-corrected chi connectivity index (χ0v) is 17.9. The molecular weight excluding hydrogens is 432 g/mol. The second kappa shape index (κ2) is 20.1. The van der Waals surface area contributed by atoms with E-state index in [4.69, 9.17) is 29.8 Å². The average molecular weight is 464 g/mol. The number of carboxylic acids is 1. The van der Waals surface area contributed by atoms with Crippen LogP contribution in [0.1, 0.15) is 12.8 Å². The van der Waals surface area contributed by atoms with E-state index in [2.05, 4.69) is 16.0 Å². The lowest BCUT2D eigenvalue weighted by atomic mass is 10.3. The Kier molecular flexibility index (Phi) is 18.3. The molecule has 0 fully saturated rings. The van der Waals surface area contributed by atoms with Crippen LogP contribution >= 0.6 is 0 Å². The summed E-state index contributed by atoms with van der Waals surface area (Å²) < 4.78 is 20.6. The number of carboxylic acid groups (broad SMARTS) is 1. The summed E-state index contributed by atoms with van der Waals surface area (Å²) in [4.78, 5) is 54.8. The van der Waals surface area contributed by atoms with Gasteiger partial charge in [0.05, 0.1) is 39.6 Å². The first-order valence-corrected chi connectivity index (χ1v) is 9.92. The molecular formula is C18H32N4O10. The second-order valence-electron chi connectivity index (χ2n) is 6.17. The average Bonchev–Trinajstić information content (AvgIpc) is 2.74. The highest BCUT2D eigenvalue weighted by atomic mass is 16.5. The number of aliphatic carboxylic acids is 1. The molecule has 0 spiro atoms. The first-order chi connectivity index (χ1) is 15.3. The highest BCUT2D eigenvalue weighted by Gasteiger charge is 2.05. The molecule has 0 unspecified atom stereocenters. The van der Waals surface area contributed by atoms with E-state index < -0.39 is 24.3 Å². The number of primary amides is 1. The minimum absolute atomic E-state index is 0.000791. The van der Waals surface area contributed by atoms with Crippen LogP contribution in [0.3, 0.4) is 0 Å². The molecule has 0 aliphatic heterocycles. The van der Waals surface area contributed by atoms with Crippen molar-refractivity contribution in [1.82, 2.24) is 16.0 Å². The lowest BCUT2D eigenvalue weighted by Gasteiger charge is -2.08. The molecule has 0 rings (SSSR count). The predicted molar refractivity (Wildman–Crippen MR) is 108 cm³/mol. The number of nitrogens with one attached hydrogen (secondary N) is 3. The first kappa shape index (κ1) is 29.2. The quantitative estimate of drug-likeness (QED) is 0.107. The fourth-order valence-electron chi connectivity index (χ4n) is 1.90. The molecule has 0 heterocycles. The summed E-state index contributed by atoms with van der Waals surface area (Å²) >= 11 is 0. The van der Waals surface area contributed by atoms with Crippen LogP contribution in [0.25, 0.3) is 0 Å². The summed E-state index contributed by atoms with van der Waals surface area (Å²) in [5, 5.41) is 15.7. The van der Waals surface area contributed by atoms with Gasteiger partial charge in [-0.2, -0.15) is 0 Å². The summed E-state index contributed by atoms with van der Waals surface area (Å²) in [5.41, 5.74) is 4.94. The Morgan fingerprint density at radius 2 is 1.09 bits per heavy atom. The summed E-state index contributed by atoms with van der Waals surface area (Å²) in [7, 11) is 0. The Morgan fingerprint density at radius 3 is 1.59 bits per heavy atom. The maximum absolute atomic E-state index is 11.6. The molecule has 0 aromatic carbocycles. The van der Waals surface area contributed by atoms with Crippen LogP contribution in [0, 0.1) is 0 Å². The van der Waals surface area contributed by atoms with Crippen LogP contribution in [-0.2, 0) is 42.9 Å². The lowest BCUT2D eigenvalue weighted by Crippen LogP contribution is -2.33. The first-order valence-electron chi connectivity index (χ1n) is 9.92. The number of rotatable bonds is 21. The van der Waals surface area contributed by atoms with Gasteiger partial charge in [0.25, 0.3) is 0 Å². The molecule has 14 heteroatoms. The van der Waals surface area contributed by atoms with E-state index in [0.717, 1.165) is 0 Å². The van der Waals surface area contributed by atoms with Gasteiger partial charge in [-0.15, -0.1) is 0 Å². The fraction of sp³-hybridized carbons (Fsp3) is 0.722. The number of ether oxygens (including phenoxy) is 4. The van der Waals surface area contributed by atoms with Crippen molar-refractivity contribution in [2.45, 2.75) is 12.8 Å². The molecule has 32 heavy (non-hydrogen) atoms. The van der Waals surface area contributed by atoms with Crippen molar-refractivity contribution < 1.29 is 48.0 Å². The van der Waals surface area contributed by atoms with Gasteiger partial charge in [0.15, 0.2) is 0 Å². The van der Waals surface area contributed by atoms with E-state index in [1.807, 2.05) is 0 Å². The SMILES string of the molecule is NC(=O)CCC(=O)NCCOCCOCC(=O)NCCOCCOCC(=O)NCC(=O)O. The molecule has 184 valence electrons. The molecule has 0 bridgehead atoms. The van der Waals surface area contributed by atoms with Crippen molar-refractivity contribution in [3.8, 4) is 0 Å². The van der Waals surface area contributed by atoms with Gasteiger partial charge in [-0.05, 0) is 0 Å². The van der Waals surface area contributed by atoms with Crippen LogP contribution in [0.15, 0.2) is 0 Å². The van der Waals surface area contributed by atoms with Crippen molar-refractivity contribution in [3.63, 3.8) is 0 Å². The van der Waals surface area contributed by atoms with Crippen LogP contribution in [0.2, 0.25) is 0 Å². The standard InChI is InChI=1S/C18H32N4O10/c19-14(23)1-2-15(24)20-3-5-29-7-9-31-12-16(25)21-4-6-30-8-10-32-13-17(26)22-11-18(27)28/h1-13H2,(H2,19,23)(H,20,24)(H,21,25)(H,22,26)(H,27,28). The van der Waals surface area contributed by atoms with Crippen molar-refractivity contribution in [1.29, 1.82) is 0 Å². The van der Waals surface area contributed by atoms with Gasteiger partial charge in [0.1, 0.15) is 19.8 Å². The third-order valence-corrected chi connectivity index (χ3v) is 3.38. The summed E-state index contributed by atoms with van der Waals surface area (Å²) in [6.07, 6.45) is 0.0437. The normalized spacial score (nSPS) is 10.4. The Hall–Kier alpha value is -2.81. The van der Waals surface area contributed by atoms with Crippen LogP contribution in [0.5, 0.6) is 0 Å². The number of carbonyl (C=O) groups is 5. The molecule has 0 saturated carbocycles. The maximum atomic E-state index is 11.6. The topological polar surface area (TPSA) is 205 Å². The molecule has 0 atom stereocenters. The third-order valence-electron chi connectivity index (χ3n) is 3.38. The molecule has 0 saturated heterocycles. The largest absolute Gasteiger partial charge is 0.480 e. The van der Waals surface area contributed by atoms with Gasteiger partial charge in [-0.1, -0.05) is 0 Å². The summed E-state index contributed by atoms with van der Waals surface area (Å²) in [5.74, 6) is -2.80. The lowest BCUT2D eigenvalue weighted by molar-refractivity contribution is -0.138. The van der Waals surface area contributed by atoms with Gasteiger partial charge in [0, 0.05) is 25.9 Å². The molecule has 0 aromatic heterocycles. The minimum atomic E-state index is -1.14. The van der Waals surface area contributed by atoms with Crippen molar-refractivity contribution >= 4 is 29.6 Å². The molecule has 6 N–H and O–H groups in total. The maximum Gasteiger partial charge on any atom is 0.322 e. The van der Waals surface area contributed by atoms with Gasteiger partial charge in [0.2, 0.25) is 23.6 Å². The predicted octanol–water partition coefficient (Wildman–Crippen LogP) is -3.25. The number of nitrogens with two attached hydrogens (primary N) is 1. The summed E-state index contributed by atoms with van der Waals surface area (Å²) in [6.45, 7) is 1.03. The van der Waals surface area contributed by atoms with Crippen molar-refractivity contribution in [3.05, 3.63) is 0 Å². The molecule has 4 amide bonds. The smallest absolute Gasteiger partial charge is 0.322 e. The van der Waals surface area contributed by atoms with Crippen LogP contribution < -0.4 is 21.7 Å². The van der Waals surface area contributed by atoms with Gasteiger partial charge in [-0.25, -0.2) is 0 Å². The van der Waals surface area contributed by atoms with E-state index in [1.54, 1.807) is 0 Å². The highest BCUT2D eigenvalue weighted by molar-refractivity contribution is 5.83. The van der Waals surface area contributed by atoms with Gasteiger partial charge >= 0.3 is 5.97 Å². The zero-order chi connectivity index (χ0) is 24.0. The number of hydrogen-bond donors (Lipinski definition) is 5. The van der Waals surface area contributed by atoms with Crippen LogP contribution in [-0.4, -0.2) is 107 Å². The van der Waals surface area contributed by atoms with E-state index >= 15 is 0 Å². The van der Waals surface area contributed by atoms with Crippen molar-refractivity contribution in [2.24, 2.45) is 5.73 Å². The van der Waals surface area contributed by atoms with Crippen molar-refractivity contribution in [2.75, 3.05) is 72.5 Å². The summed E-state index contributed by atoms with van der Waals surface area (Å²) in [6, 6.07) is 0. The Labute approximate surface area is 185 Å². The molecule has 0 aliphatic carbocycles. The van der Waals surface area contributed by atoms with Gasteiger partial charge in [-0.3, -0.25) is 24.0 Å². The third kappa shape index (κ3) is 21.9. The van der Waals surface area contributed by atoms with E-state index in [-0.39, 0.29) is 84.1 Å². The second-order valence-corrected chi connectivity index (χ2v) is 6.17. The van der Waals surface area contributed by atoms with Crippen LogP contribution in [0.4, 0.5) is 0 Å². The number of hydrogen-bond acceptors (Lipinski definition) is 9. The number of amides is 4. The highest BCUT2D eigenvalue weighted by Crippen LogP contribution is 1.87. The molecule has 0 aromatic rings. The van der Waals surface area contributed by atoms with E-state index in [1.165, 1.54) is 0 Å². The Balaban J connectivity index is 3.35. The minimum Gasteiger partial charge on any atom is -0.480 e. The fourth-order valence-corrected chi connectivity index (χ4v) is 1.90. The van der Waals surface area contributed by atoms with E-state index in [9.17, 15) is 24.0 Å². The molecule has 0 radical (unpaired) electrons. The number of carbonyl (C=O) groups excluding carboxylic acids is 4. The Morgan fingerprint density at radius 1 is 0.625 bits per heavy atom. The Bertz CT molecular complexity index is 540. The zero-order valence-electron chi connectivity index (χ0n) is 17.9. The molecule has 0 aliphatic rings. The molecule has 14 nitrogen and oxygen atoms in total. The monoisotopic (exact) mass is 464 g/mol. The van der Waals surface area contributed by atoms with E-state index in [0.29, 0.717) is 6.54 Å².